The van der Waals surface area contributed by atoms with Crippen LogP contribution >= 0.6 is 0 Å². The van der Waals surface area contributed by atoms with Crippen LogP contribution in [0.15, 0.2) is 12.2 Å². The standard InChI is InChI=1S/C13H20N2O4/c1-13(19-7-11(16)17)8-15(9-13)12(18)14-10-5-3-2-4-6-10/h2-3,10H,4-9H2,1H3,(H,14,18)(H,16,17). The molecule has 0 aromatic heterocycles. The molecule has 2 amide bonds. The number of rotatable bonds is 4. The number of likely N-dealkylation sites (tertiary alicyclic amines) is 1. The highest BCUT2D eigenvalue weighted by atomic mass is 16.5. The van der Waals surface area contributed by atoms with E-state index in [2.05, 4.69) is 17.5 Å². The SMILES string of the molecule is CC1(OCC(=O)O)CN(C(=O)NC2CC=CCC2)C1. The van der Waals surface area contributed by atoms with Crippen molar-refractivity contribution in [2.75, 3.05) is 19.7 Å². The van der Waals surface area contributed by atoms with Gasteiger partial charge in [0, 0.05) is 6.04 Å². The van der Waals surface area contributed by atoms with Gasteiger partial charge >= 0.3 is 12.0 Å². The van der Waals surface area contributed by atoms with Crippen molar-refractivity contribution in [2.24, 2.45) is 0 Å². The number of nitrogens with zero attached hydrogens (tertiary/aromatic N) is 1. The smallest absolute Gasteiger partial charge is 0.329 e. The lowest BCUT2D eigenvalue weighted by molar-refractivity contribution is -0.159. The van der Waals surface area contributed by atoms with Gasteiger partial charge in [-0.05, 0) is 26.2 Å². The van der Waals surface area contributed by atoms with Crippen molar-refractivity contribution in [3.63, 3.8) is 0 Å². The van der Waals surface area contributed by atoms with Gasteiger partial charge in [0.1, 0.15) is 12.2 Å². The van der Waals surface area contributed by atoms with Crippen LogP contribution in [0, 0.1) is 0 Å². The molecule has 2 N–H and O–H groups in total. The number of carboxylic acids is 1. The highest BCUT2D eigenvalue weighted by molar-refractivity contribution is 5.76. The Labute approximate surface area is 112 Å². The molecule has 1 aliphatic carbocycles. The summed E-state index contributed by atoms with van der Waals surface area (Å²) in [6.07, 6.45) is 7.08. The van der Waals surface area contributed by atoms with E-state index in [0.29, 0.717) is 13.1 Å². The van der Waals surface area contributed by atoms with Crippen molar-refractivity contribution < 1.29 is 19.4 Å². The zero-order chi connectivity index (χ0) is 13.9. The summed E-state index contributed by atoms with van der Waals surface area (Å²) >= 11 is 0. The quantitative estimate of drug-likeness (QED) is 0.745. The molecule has 1 aliphatic heterocycles. The van der Waals surface area contributed by atoms with Gasteiger partial charge in [-0.2, -0.15) is 0 Å². The molecular weight excluding hydrogens is 248 g/mol. The normalized spacial score (nSPS) is 24.7. The third kappa shape index (κ3) is 3.70. The Morgan fingerprint density at radius 3 is 2.79 bits per heavy atom. The summed E-state index contributed by atoms with van der Waals surface area (Å²) in [6.45, 7) is 2.38. The summed E-state index contributed by atoms with van der Waals surface area (Å²) in [5, 5.41) is 11.6. The predicted molar refractivity (Wildman–Crippen MR) is 68.9 cm³/mol. The Morgan fingerprint density at radius 2 is 2.21 bits per heavy atom. The maximum absolute atomic E-state index is 11.9. The van der Waals surface area contributed by atoms with Crippen molar-refractivity contribution in [1.29, 1.82) is 0 Å². The largest absolute Gasteiger partial charge is 0.480 e. The molecule has 106 valence electrons. The van der Waals surface area contributed by atoms with Gasteiger partial charge in [0.25, 0.3) is 0 Å². The van der Waals surface area contributed by atoms with Crippen LogP contribution in [0.25, 0.3) is 0 Å². The summed E-state index contributed by atoms with van der Waals surface area (Å²) < 4.78 is 5.26. The third-order valence-electron chi connectivity index (χ3n) is 3.48. The first-order chi connectivity index (χ1) is 8.98. The summed E-state index contributed by atoms with van der Waals surface area (Å²) in [7, 11) is 0. The summed E-state index contributed by atoms with van der Waals surface area (Å²) in [5.41, 5.74) is -0.526. The Hall–Kier alpha value is -1.56. The van der Waals surface area contributed by atoms with Crippen LogP contribution in [-0.4, -0.2) is 53.3 Å². The molecular formula is C13H20N2O4. The molecule has 2 rings (SSSR count). The second-order valence-electron chi connectivity index (χ2n) is 5.42. The molecule has 1 saturated heterocycles. The molecule has 1 fully saturated rings. The number of urea groups is 1. The Morgan fingerprint density at radius 1 is 1.47 bits per heavy atom. The zero-order valence-electron chi connectivity index (χ0n) is 11.1. The predicted octanol–water partition coefficient (Wildman–Crippen LogP) is 0.980. The number of carbonyl (C=O) groups excluding carboxylic acids is 1. The molecule has 0 radical (unpaired) electrons. The van der Waals surface area contributed by atoms with E-state index in [1.165, 1.54) is 0 Å². The molecule has 1 atom stereocenters. The number of carbonyl (C=O) groups is 2. The monoisotopic (exact) mass is 268 g/mol. The number of aliphatic carboxylic acids is 1. The number of hydrogen-bond donors (Lipinski definition) is 2. The van der Waals surface area contributed by atoms with E-state index in [1.807, 2.05) is 6.92 Å². The number of carboxylic acid groups (broad SMARTS) is 1. The molecule has 19 heavy (non-hydrogen) atoms. The average molecular weight is 268 g/mol. The fourth-order valence-corrected chi connectivity index (χ4v) is 2.42. The first kappa shape index (κ1) is 13.9. The number of nitrogens with one attached hydrogen (secondary N) is 1. The van der Waals surface area contributed by atoms with E-state index in [1.54, 1.807) is 4.90 Å². The van der Waals surface area contributed by atoms with Gasteiger partial charge in [-0.25, -0.2) is 9.59 Å². The third-order valence-corrected chi connectivity index (χ3v) is 3.48. The Balaban J connectivity index is 1.71. The van der Waals surface area contributed by atoms with Gasteiger partial charge in [-0.3, -0.25) is 0 Å². The van der Waals surface area contributed by atoms with Crippen LogP contribution in [0.1, 0.15) is 26.2 Å². The van der Waals surface area contributed by atoms with Gasteiger partial charge in [0.05, 0.1) is 13.1 Å². The maximum Gasteiger partial charge on any atom is 0.329 e. The highest BCUT2D eigenvalue weighted by Crippen LogP contribution is 2.25. The minimum atomic E-state index is -0.988. The fourth-order valence-electron chi connectivity index (χ4n) is 2.42. The number of hydrogen-bond acceptors (Lipinski definition) is 3. The van der Waals surface area contributed by atoms with E-state index in [4.69, 9.17) is 9.84 Å². The molecule has 0 bridgehead atoms. The minimum Gasteiger partial charge on any atom is -0.480 e. The van der Waals surface area contributed by atoms with Crippen molar-refractivity contribution >= 4 is 12.0 Å². The molecule has 6 heteroatoms. The van der Waals surface area contributed by atoms with Crippen molar-refractivity contribution in [3.8, 4) is 0 Å². The van der Waals surface area contributed by atoms with Gasteiger partial charge < -0.3 is 20.1 Å². The molecule has 2 aliphatic rings. The first-order valence-electron chi connectivity index (χ1n) is 6.55. The summed E-state index contributed by atoms with van der Waals surface area (Å²) in [6, 6.07) is 0.126. The Kier molecular flexibility index (Phi) is 4.09. The Bertz CT molecular complexity index is 388. The highest BCUT2D eigenvalue weighted by Gasteiger charge is 2.43. The molecule has 1 unspecified atom stereocenters. The van der Waals surface area contributed by atoms with Gasteiger partial charge in [0.15, 0.2) is 0 Å². The molecule has 0 aromatic carbocycles. The molecule has 1 heterocycles. The van der Waals surface area contributed by atoms with Crippen LogP contribution in [0.2, 0.25) is 0 Å². The first-order valence-corrected chi connectivity index (χ1v) is 6.55. The molecule has 0 saturated carbocycles. The summed E-state index contributed by atoms with van der Waals surface area (Å²) in [4.78, 5) is 24.0. The van der Waals surface area contributed by atoms with Gasteiger partial charge in [-0.15, -0.1) is 0 Å². The fraction of sp³-hybridized carbons (Fsp3) is 0.692. The lowest BCUT2D eigenvalue weighted by atomic mass is 9.96. The molecule has 6 nitrogen and oxygen atoms in total. The topological polar surface area (TPSA) is 78.9 Å². The minimum absolute atomic E-state index is 0.0864. The second-order valence-corrected chi connectivity index (χ2v) is 5.42. The zero-order valence-corrected chi connectivity index (χ0v) is 11.1. The van der Waals surface area contributed by atoms with Gasteiger partial charge in [-0.1, -0.05) is 12.2 Å². The number of ether oxygens (including phenoxy) is 1. The van der Waals surface area contributed by atoms with E-state index in [-0.39, 0.29) is 18.7 Å². The lowest BCUT2D eigenvalue weighted by Crippen LogP contribution is -2.65. The number of amides is 2. The van der Waals surface area contributed by atoms with Crippen LogP contribution in [0.4, 0.5) is 4.79 Å². The van der Waals surface area contributed by atoms with E-state index in [0.717, 1.165) is 19.3 Å². The summed E-state index contributed by atoms with van der Waals surface area (Å²) in [5.74, 6) is -0.988. The van der Waals surface area contributed by atoms with E-state index in [9.17, 15) is 9.59 Å². The van der Waals surface area contributed by atoms with Crippen LogP contribution in [0.5, 0.6) is 0 Å². The van der Waals surface area contributed by atoms with E-state index < -0.39 is 11.6 Å². The molecule has 0 aromatic rings. The maximum atomic E-state index is 11.9. The van der Waals surface area contributed by atoms with Gasteiger partial charge in [0.2, 0.25) is 0 Å². The van der Waals surface area contributed by atoms with Crippen LogP contribution in [0.3, 0.4) is 0 Å². The second kappa shape index (κ2) is 5.61. The van der Waals surface area contributed by atoms with Crippen molar-refractivity contribution in [3.05, 3.63) is 12.2 Å². The lowest BCUT2D eigenvalue weighted by Gasteiger charge is -2.47. The van der Waals surface area contributed by atoms with Crippen molar-refractivity contribution in [2.45, 2.75) is 37.8 Å². The van der Waals surface area contributed by atoms with Crippen LogP contribution in [-0.2, 0) is 9.53 Å². The average Bonchev–Trinajstić information content (AvgIpc) is 2.34. The van der Waals surface area contributed by atoms with E-state index >= 15 is 0 Å². The number of allylic oxidation sites excluding steroid dienone is 1. The van der Waals surface area contributed by atoms with Crippen molar-refractivity contribution in [1.82, 2.24) is 10.2 Å². The molecule has 0 spiro atoms. The van der Waals surface area contributed by atoms with Crippen LogP contribution < -0.4 is 5.32 Å².